The van der Waals surface area contributed by atoms with E-state index in [-0.39, 0.29) is 11.8 Å². The molecule has 0 bridgehead atoms. The highest BCUT2D eigenvalue weighted by atomic mass is 35.5. The van der Waals surface area contributed by atoms with Crippen LogP contribution in [0, 0.1) is 11.3 Å². The number of halogens is 2. The number of hydrogen-bond acceptors (Lipinski definition) is 10. The second kappa shape index (κ2) is 21.8. The first kappa shape index (κ1) is 48.1. The Morgan fingerprint density at radius 2 is 1.67 bits per heavy atom. The number of likely N-dealkylation sites (N-methyl/N-ethyl adjacent to an activating group) is 1. The third-order valence-electron chi connectivity index (χ3n) is 10.4. The summed E-state index contributed by atoms with van der Waals surface area (Å²) in [6, 6.07) is 23.5. The van der Waals surface area contributed by atoms with Crippen LogP contribution < -0.4 is 4.74 Å². The van der Waals surface area contributed by atoms with Gasteiger partial charge in [0, 0.05) is 36.0 Å². The van der Waals surface area contributed by atoms with Gasteiger partial charge in [0.2, 0.25) is 0 Å². The van der Waals surface area contributed by atoms with Crippen LogP contribution in [0.15, 0.2) is 76.5 Å². The Kier molecular flexibility index (Phi) is 17.5. The second-order valence-electron chi connectivity index (χ2n) is 14.5. The predicted octanol–water partition coefficient (Wildman–Crippen LogP) is 7.36. The number of rotatable bonds is 16. The number of aliphatic hydroxyl groups is 1. The van der Waals surface area contributed by atoms with Crippen LogP contribution >= 0.6 is 35.0 Å². The van der Waals surface area contributed by atoms with Crippen molar-refractivity contribution in [3.8, 4) is 11.8 Å². The number of nitriles is 1. The first-order valence-electron chi connectivity index (χ1n) is 18.8. The van der Waals surface area contributed by atoms with Gasteiger partial charge in [0.25, 0.3) is 5.91 Å². The molecule has 320 valence electrons. The second-order valence-corrected chi connectivity index (χ2v) is 17.4. The van der Waals surface area contributed by atoms with Gasteiger partial charge in [-0.15, -0.1) is 11.8 Å². The number of carboxylic acids is 3. The Hall–Kier alpha value is -4.53. The van der Waals surface area contributed by atoms with Crippen molar-refractivity contribution < 1.29 is 48.9 Å². The number of fused-ring (bicyclic) bond motifs is 1. The number of aliphatic carboxylic acids is 3. The third-order valence-corrected chi connectivity index (χ3v) is 13.0. The normalized spacial score (nSPS) is 14.3. The van der Waals surface area contributed by atoms with Crippen molar-refractivity contribution in [2.45, 2.75) is 59.3 Å². The standard InChI is InChI=1S/C37H39Cl2N3O3S2.C6H8O7/c1-41(37(43)35-31-8-6-5-7-26(31)19-28(22-40)36(35)46-3)23-27(25-9-12-32(38)33(39)20-25)15-18-42-16-13-24(14-17-42)30-11-10-29(45-2)21-34(30)47(4)44;7-3(8)1-6(13,5(11)12)2-4(9)10/h5-12,19-21,24,27H,13-18,23H2,1-4H3;13H,1-2H2,(H,7,8)(H,9,10)(H,11,12)/t27?,47-;/m0./s1. The lowest BCUT2D eigenvalue weighted by atomic mass is 9.88. The molecule has 0 spiro atoms. The quantitative estimate of drug-likeness (QED) is 0.0640. The zero-order chi connectivity index (χ0) is 44.3. The van der Waals surface area contributed by atoms with Gasteiger partial charge >= 0.3 is 17.9 Å². The van der Waals surface area contributed by atoms with Crippen molar-refractivity contribution in [3.63, 3.8) is 0 Å². The largest absolute Gasteiger partial charge is 0.612 e. The maximum atomic E-state index is 14.2. The third kappa shape index (κ3) is 12.3. The summed E-state index contributed by atoms with van der Waals surface area (Å²) in [5.41, 5.74) is 0.512. The molecule has 60 heavy (non-hydrogen) atoms. The molecular weight excluding hydrogens is 854 g/mol. The number of thioether (sulfide) groups is 1. The number of hydrogen-bond donors (Lipinski definition) is 4. The summed E-state index contributed by atoms with van der Waals surface area (Å²) in [5, 5.41) is 46.4. The molecule has 1 aliphatic rings. The summed E-state index contributed by atoms with van der Waals surface area (Å²) in [5.74, 6) is -4.05. The molecule has 13 nitrogen and oxygen atoms in total. The van der Waals surface area contributed by atoms with Crippen LogP contribution in [-0.2, 0) is 25.6 Å². The van der Waals surface area contributed by atoms with Gasteiger partial charge in [-0.2, -0.15) is 5.26 Å². The van der Waals surface area contributed by atoms with Gasteiger partial charge in [-0.3, -0.25) is 14.4 Å². The van der Waals surface area contributed by atoms with Gasteiger partial charge in [-0.1, -0.05) is 59.6 Å². The van der Waals surface area contributed by atoms with E-state index >= 15 is 0 Å². The van der Waals surface area contributed by atoms with Gasteiger partial charge in [0.15, 0.2) is 10.5 Å². The highest BCUT2D eigenvalue weighted by Crippen LogP contribution is 2.37. The first-order chi connectivity index (χ1) is 28.4. The van der Waals surface area contributed by atoms with Crippen molar-refractivity contribution in [2.75, 3.05) is 52.8 Å². The fourth-order valence-corrected chi connectivity index (χ4v) is 9.20. The highest BCUT2D eigenvalue weighted by molar-refractivity contribution is 7.98. The summed E-state index contributed by atoms with van der Waals surface area (Å²) in [7, 11) is 3.46. The monoisotopic (exact) mass is 899 g/mol. The lowest BCUT2D eigenvalue weighted by Crippen LogP contribution is -2.42. The smallest absolute Gasteiger partial charge is 0.336 e. The highest BCUT2D eigenvalue weighted by Gasteiger charge is 2.41. The van der Waals surface area contributed by atoms with E-state index in [1.54, 1.807) is 18.3 Å². The molecule has 4 aromatic rings. The van der Waals surface area contributed by atoms with Crippen molar-refractivity contribution in [1.82, 2.24) is 9.80 Å². The molecule has 0 saturated carbocycles. The van der Waals surface area contributed by atoms with E-state index in [2.05, 4.69) is 17.0 Å². The van der Waals surface area contributed by atoms with Crippen molar-refractivity contribution >= 4 is 80.7 Å². The van der Waals surface area contributed by atoms with Crippen molar-refractivity contribution in [1.29, 1.82) is 5.26 Å². The minimum atomic E-state index is -2.74. The van der Waals surface area contributed by atoms with E-state index in [0.717, 1.165) is 71.4 Å². The molecule has 1 aliphatic heterocycles. The molecule has 0 aliphatic carbocycles. The zero-order valence-electron chi connectivity index (χ0n) is 33.5. The van der Waals surface area contributed by atoms with Crippen LogP contribution in [0.2, 0.25) is 10.0 Å². The Bertz CT molecular complexity index is 2230. The molecule has 0 radical (unpaired) electrons. The van der Waals surface area contributed by atoms with E-state index in [0.29, 0.717) is 38.5 Å². The fourth-order valence-electron chi connectivity index (χ4n) is 7.32. The molecule has 0 aromatic heterocycles. The van der Waals surface area contributed by atoms with Gasteiger partial charge in [-0.25, -0.2) is 4.79 Å². The van der Waals surface area contributed by atoms with Crippen LogP contribution in [0.25, 0.3) is 10.8 Å². The molecule has 17 heteroatoms. The van der Waals surface area contributed by atoms with Crippen molar-refractivity contribution in [3.05, 3.63) is 99.0 Å². The summed E-state index contributed by atoms with van der Waals surface area (Å²) < 4.78 is 17.9. The van der Waals surface area contributed by atoms with Gasteiger partial charge < -0.3 is 39.5 Å². The van der Waals surface area contributed by atoms with E-state index in [1.807, 2.05) is 74.0 Å². The van der Waals surface area contributed by atoms with Crippen LogP contribution in [0.3, 0.4) is 0 Å². The summed E-state index contributed by atoms with van der Waals surface area (Å²) in [6.07, 6.45) is 4.12. The van der Waals surface area contributed by atoms with Crippen LogP contribution in [-0.4, -0.2) is 117 Å². The van der Waals surface area contributed by atoms with Gasteiger partial charge in [0.05, 0.1) is 41.1 Å². The molecule has 1 unspecified atom stereocenters. The number of amides is 1. The predicted molar refractivity (Wildman–Crippen MR) is 232 cm³/mol. The number of methoxy groups -OCH3 is 1. The Labute approximate surface area is 366 Å². The SMILES string of the molecule is COc1ccc(C2CCN(CCC(CN(C)C(=O)c3c(SC)c(C#N)cc4ccccc34)c3ccc(Cl)c(Cl)c3)CC2)c([S@+](C)[O-])c1.O=C(O)CC(O)(CC(=O)O)C(=O)O. The number of carboxylic acid groups (broad SMARTS) is 3. The summed E-state index contributed by atoms with van der Waals surface area (Å²) in [4.78, 5) is 50.5. The number of ether oxygens (including phenoxy) is 1. The number of nitrogens with zero attached hydrogens (tertiary/aromatic N) is 3. The van der Waals surface area contributed by atoms with E-state index < -0.39 is 47.5 Å². The van der Waals surface area contributed by atoms with E-state index in [9.17, 15) is 29.0 Å². The maximum absolute atomic E-state index is 14.2. The lowest BCUT2D eigenvalue weighted by molar-refractivity contribution is -0.170. The van der Waals surface area contributed by atoms with Crippen molar-refractivity contribution in [2.24, 2.45) is 0 Å². The van der Waals surface area contributed by atoms with Crippen LogP contribution in [0.5, 0.6) is 5.75 Å². The molecule has 4 N–H and O–H groups in total. The number of likely N-dealkylation sites (tertiary alicyclic amines) is 1. The first-order valence-corrected chi connectivity index (χ1v) is 22.3. The zero-order valence-corrected chi connectivity index (χ0v) is 36.7. The maximum Gasteiger partial charge on any atom is 0.336 e. The van der Waals surface area contributed by atoms with Crippen LogP contribution in [0.1, 0.15) is 71.0 Å². The molecule has 1 fully saturated rings. The number of carbonyl (C=O) groups is 4. The Morgan fingerprint density at radius 1 is 1.02 bits per heavy atom. The summed E-state index contributed by atoms with van der Waals surface area (Å²) >= 11 is 13.1. The molecular formula is C43H47Cl2N3O10S2. The molecule has 2 atom stereocenters. The molecule has 1 heterocycles. The average molecular weight is 901 g/mol. The van der Waals surface area contributed by atoms with Gasteiger partial charge in [-0.05, 0) is 103 Å². The minimum Gasteiger partial charge on any atom is -0.612 e. The number of piperidine rings is 1. The minimum absolute atomic E-state index is 0.00953. The molecule has 1 saturated heterocycles. The molecule has 5 rings (SSSR count). The Morgan fingerprint density at radius 3 is 2.22 bits per heavy atom. The van der Waals surface area contributed by atoms with E-state index in [4.69, 9.17) is 48.4 Å². The number of carbonyl (C=O) groups excluding carboxylic acids is 1. The molecule has 1 amide bonds. The number of benzene rings is 4. The lowest BCUT2D eigenvalue weighted by Gasteiger charge is -2.34. The Balaban J connectivity index is 0.000000526. The van der Waals surface area contributed by atoms with E-state index in [1.165, 1.54) is 11.8 Å². The molecule has 4 aromatic carbocycles. The topological polar surface area (TPSA) is 212 Å². The summed E-state index contributed by atoms with van der Waals surface area (Å²) in [6.45, 7) is 3.19. The van der Waals surface area contributed by atoms with Crippen LogP contribution in [0.4, 0.5) is 0 Å². The van der Waals surface area contributed by atoms with Gasteiger partial charge in [0.1, 0.15) is 18.1 Å². The fraction of sp³-hybridized carbons (Fsp3) is 0.372. The average Bonchev–Trinajstić information content (AvgIpc) is 3.21.